The minimum absolute atomic E-state index is 0.162. The minimum atomic E-state index is -3.93. The highest BCUT2D eigenvalue weighted by molar-refractivity contribution is 7.89. The van der Waals surface area contributed by atoms with Gasteiger partial charge in [-0.25, -0.2) is 21.9 Å². The molecular formula is C23H21F2N3O4S. The van der Waals surface area contributed by atoms with Crippen LogP contribution < -0.4 is 15.4 Å². The fraction of sp³-hybridized carbons (Fsp3) is 0.130. The van der Waals surface area contributed by atoms with Gasteiger partial charge in [-0.3, -0.25) is 9.59 Å². The predicted octanol–water partition coefficient (Wildman–Crippen LogP) is 4.16. The molecule has 33 heavy (non-hydrogen) atoms. The zero-order valence-corrected chi connectivity index (χ0v) is 18.5. The molecule has 0 heterocycles. The van der Waals surface area contributed by atoms with E-state index in [-0.39, 0.29) is 21.8 Å². The molecule has 3 rings (SSSR count). The lowest BCUT2D eigenvalue weighted by atomic mass is 10.1. The van der Waals surface area contributed by atoms with Crippen LogP contribution in [0.3, 0.4) is 0 Å². The Labute approximate surface area is 189 Å². The van der Waals surface area contributed by atoms with E-state index in [1.165, 1.54) is 42.5 Å². The molecule has 172 valence electrons. The van der Waals surface area contributed by atoms with Crippen LogP contribution in [-0.4, -0.2) is 26.3 Å². The SMILES string of the molecule is CC(C)NS(=O)(=O)c1ccc(F)c(C(=O)Nc2cccc(C(=O)Nc3cccc(F)c3)c2)c1. The second-order valence-corrected chi connectivity index (χ2v) is 9.13. The van der Waals surface area contributed by atoms with Crippen molar-refractivity contribution in [3.8, 4) is 0 Å². The fourth-order valence-electron chi connectivity index (χ4n) is 2.93. The van der Waals surface area contributed by atoms with Crippen molar-refractivity contribution in [1.82, 2.24) is 4.72 Å². The Kier molecular flexibility index (Phi) is 7.19. The average molecular weight is 474 g/mol. The molecule has 10 heteroatoms. The third-order valence-electron chi connectivity index (χ3n) is 4.35. The van der Waals surface area contributed by atoms with E-state index in [9.17, 15) is 26.8 Å². The lowest BCUT2D eigenvalue weighted by Crippen LogP contribution is -2.30. The van der Waals surface area contributed by atoms with Gasteiger partial charge in [0.1, 0.15) is 11.6 Å². The summed E-state index contributed by atoms with van der Waals surface area (Å²) in [7, 11) is -3.93. The van der Waals surface area contributed by atoms with Gasteiger partial charge in [0, 0.05) is 23.0 Å². The van der Waals surface area contributed by atoms with Crippen LogP contribution in [0.15, 0.2) is 71.6 Å². The molecule has 3 N–H and O–H groups in total. The van der Waals surface area contributed by atoms with Crippen LogP contribution in [0.25, 0.3) is 0 Å². The highest BCUT2D eigenvalue weighted by atomic mass is 32.2. The van der Waals surface area contributed by atoms with Crippen LogP contribution in [-0.2, 0) is 10.0 Å². The van der Waals surface area contributed by atoms with Gasteiger partial charge in [-0.1, -0.05) is 12.1 Å². The molecule has 7 nitrogen and oxygen atoms in total. The maximum atomic E-state index is 14.3. The number of nitrogens with one attached hydrogen (secondary N) is 3. The third-order valence-corrected chi connectivity index (χ3v) is 6.00. The van der Waals surface area contributed by atoms with E-state index in [4.69, 9.17) is 0 Å². The highest BCUT2D eigenvalue weighted by Crippen LogP contribution is 2.19. The first-order chi connectivity index (χ1) is 15.5. The lowest BCUT2D eigenvalue weighted by Gasteiger charge is -2.12. The second kappa shape index (κ2) is 9.88. The van der Waals surface area contributed by atoms with Gasteiger partial charge in [0.15, 0.2) is 0 Å². The van der Waals surface area contributed by atoms with E-state index in [1.807, 2.05) is 0 Å². The number of sulfonamides is 1. The number of hydrogen-bond donors (Lipinski definition) is 3. The largest absolute Gasteiger partial charge is 0.322 e. The number of amides is 2. The van der Waals surface area contributed by atoms with Crippen LogP contribution in [0.1, 0.15) is 34.6 Å². The number of halogens is 2. The molecular weight excluding hydrogens is 452 g/mol. The maximum absolute atomic E-state index is 14.3. The van der Waals surface area contributed by atoms with Crippen molar-refractivity contribution in [3.05, 3.63) is 89.5 Å². The number of rotatable bonds is 7. The summed E-state index contributed by atoms with van der Waals surface area (Å²) in [6.07, 6.45) is 0. The van der Waals surface area contributed by atoms with Gasteiger partial charge in [-0.15, -0.1) is 0 Å². The first kappa shape index (κ1) is 24.0. The van der Waals surface area contributed by atoms with E-state index in [0.29, 0.717) is 0 Å². The first-order valence-corrected chi connectivity index (χ1v) is 11.3. The average Bonchev–Trinajstić information content (AvgIpc) is 2.73. The van der Waals surface area contributed by atoms with Crippen molar-refractivity contribution in [2.45, 2.75) is 24.8 Å². The van der Waals surface area contributed by atoms with Gasteiger partial charge in [0.05, 0.1) is 10.5 Å². The van der Waals surface area contributed by atoms with E-state index in [2.05, 4.69) is 15.4 Å². The van der Waals surface area contributed by atoms with E-state index >= 15 is 0 Å². The number of carbonyl (C=O) groups excluding carboxylic acids is 2. The Morgan fingerprint density at radius 2 is 1.45 bits per heavy atom. The zero-order chi connectivity index (χ0) is 24.2. The van der Waals surface area contributed by atoms with Gasteiger partial charge in [0.25, 0.3) is 11.8 Å². The lowest BCUT2D eigenvalue weighted by molar-refractivity contribution is 0.101. The molecule has 0 saturated heterocycles. The molecule has 3 aromatic carbocycles. The number of carbonyl (C=O) groups is 2. The van der Waals surface area contributed by atoms with Crippen LogP contribution in [0, 0.1) is 11.6 Å². The van der Waals surface area contributed by atoms with Gasteiger partial charge in [-0.05, 0) is 68.4 Å². The molecule has 0 radical (unpaired) electrons. The summed E-state index contributed by atoms with van der Waals surface area (Å²) in [5, 5.41) is 4.99. The number of hydrogen-bond acceptors (Lipinski definition) is 4. The Morgan fingerprint density at radius 1 is 0.818 bits per heavy atom. The molecule has 2 amide bonds. The Bertz CT molecular complexity index is 1310. The van der Waals surface area contributed by atoms with Crippen molar-refractivity contribution in [2.24, 2.45) is 0 Å². The topological polar surface area (TPSA) is 104 Å². The van der Waals surface area contributed by atoms with Crippen molar-refractivity contribution in [1.29, 1.82) is 0 Å². The molecule has 0 bridgehead atoms. The van der Waals surface area contributed by atoms with Crippen LogP contribution in [0.5, 0.6) is 0 Å². The molecule has 0 atom stereocenters. The van der Waals surface area contributed by atoms with Gasteiger partial charge in [0.2, 0.25) is 10.0 Å². The second-order valence-electron chi connectivity index (χ2n) is 7.42. The van der Waals surface area contributed by atoms with Crippen LogP contribution in [0.2, 0.25) is 0 Å². The quantitative estimate of drug-likeness (QED) is 0.479. The predicted molar refractivity (Wildman–Crippen MR) is 121 cm³/mol. The normalized spacial score (nSPS) is 11.3. The number of benzene rings is 3. The Morgan fingerprint density at radius 3 is 2.12 bits per heavy atom. The summed E-state index contributed by atoms with van der Waals surface area (Å²) in [6, 6.07) is 13.7. The van der Waals surface area contributed by atoms with Crippen LogP contribution in [0.4, 0.5) is 20.2 Å². The van der Waals surface area contributed by atoms with Gasteiger partial charge in [-0.2, -0.15) is 0 Å². The molecule has 0 aromatic heterocycles. The molecule has 0 aliphatic heterocycles. The van der Waals surface area contributed by atoms with Crippen molar-refractivity contribution < 1.29 is 26.8 Å². The van der Waals surface area contributed by atoms with E-state index < -0.39 is 45.1 Å². The van der Waals surface area contributed by atoms with Gasteiger partial charge < -0.3 is 10.6 Å². The third kappa shape index (κ3) is 6.21. The minimum Gasteiger partial charge on any atom is -0.322 e. The molecule has 0 unspecified atom stereocenters. The summed E-state index contributed by atoms with van der Waals surface area (Å²) in [6.45, 7) is 3.26. The summed E-state index contributed by atoms with van der Waals surface area (Å²) < 4.78 is 54.7. The monoisotopic (exact) mass is 473 g/mol. The first-order valence-electron chi connectivity index (χ1n) is 9.85. The Balaban J connectivity index is 1.80. The van der Waals surface area contributed by atoms with Crippen molar-refractivity contribution >= 4 is 33.2 Å². The Hall–Kier alpha value is -3.63. The molecule has 0 saturated carbocycles. The highest BCUT2D eigenvalue weighted by Gasteiger charge is 2.20. The van der Waals surface area contributed by atoms with E-state index in [1.54, 1.807) is 13.8 Å². The van der Waals surface area contributed by atoms with Crippen molar-refractivity contribution in [3.63, 3.8) is 0 Å². The molecule has 0 aliphatic rings. The molecule has 0 spiro atoms. The van der Waals surface area contributed by atoms with Crippen molar-refractivity contribution in [2.75, 3.05) is 10.6 Å². The van der Waals surface area contributed by atoms with Crippen LogP contribution >= 0.6 is 0 Å². The summed E-state index contributed by atoms with van der Waals surface area (Å²) >= 11 is 0. The molecule has 0 aliphatic carbocycles. The van der Waals surface area contributed by atoms with E-state index in [0.717, 1.165) is 24.3 Å². The molecule has 3 aromatic rings. The summed E-state index contributed by atoms with van der Waals surface area (Å²) in [4.78, 5) is 24.8. The summed E-state index contributed by atoms with van der Waals surface area (Å²) in [5.74, 6) is -2.85. The standard InChI is InChI=1S/C23H21F2N3O4S/c1-14(2)28-33(31,32)19-9-10-21(25)20(13-19)23(30)27-17-7-3-5-15(11-17)22(29)26-18-8-4-6-16(24)12-18/h3-14,28H,1-2H3,(H,26,29)(H,27,30). The molecule has 0 fully saturated rings. The summed E-state index contributed by atoms with van der Waals surface area (Å²) in [5.41, 5.74) is 0.121. The zero-order valence-electron chi connectivity index (χ0n) is 17.7. The smallest absolute Gasteiger partial charge is 0.258 e. The maximum Gasteiger partial charge on any atom is 0.258 e. The van der Waals surface area contributed by atoms with Gasteiger partial charge >= 0.3 is 0 Å². The number of anilines is 2. The fourth-order valence-corrected chi connectivity index (χ4v) is 4.21.